The molecule has 0 unspecified atom stereocenters. The molecule has 2 heterocycles. The summed E-state index contributed by atoms with van der Waals surface area (Å²) in [6, 6.07) is 6.09. The Hall–Kier alpha value is -3.60. The number of rotatable bonds is 13. The Morgan fingerprint density at radius 2 is 1.83 bits per heavy atom. The highest BCUT2D eigenvalue weighted by Crippen LogP contribution is 2.21. The van der Waals surface area contributed by atoms with Crippen molar-refractivity contribution in [2.45, 2.75) is 49.6 Å². The molecular formula is C25H28FN5O4S. The van der Waals surface area contributed by atoms with Gasteiger partial charge in [-0.15, -0.1) is 0 Å². The molecule has 190 valence electrons. The van der Waals surface area contributed by atoms with Gasteiger partial charge in [0.05, 0.1) is 7.11 Å². The van der Waals surface area contributed by atoms with Gasteiger partial charge < -0.3 is 14.6 Å². The Kier molecular flexibility index (Phi) is 10.6. The largest absolute Gasteiger partial charge is 0.469 e. The van der Waals surface area contributed by atoms with Crippen LogP contribution in [0.25, 0.3) is 0 Å². The van der Waals surface area contributed by atoms with Crippen molar-refractivity contribution in [1.29, 1.82) is 0 Å². The van der Waals surface area contributed by atoms with Crippen molar-refractivity contribution in [2.75, 3.05) is 13.7 Å². The summed E-state index contributed by atoms with van der Waals surface area (Å²) in [5.41, 5.74) is 1.66. The molecule has 1 aromatic carbocycles. The lowest BCUT2D eigenvalue weighted by Crippen LogP contribution is -2.30. The summed E-state index contributed by atoms with van der Waals surface area (Å²) in [5.74, 6) is -0.324. The molecule has 0 fully saturated rings. The Morgan fingerprint density at radius 3 is 2.56 bits per heavy atom. The third kappa shape index (κ3) is 8.88. The van der Waals surface area contributed by atoms with Crippen LogP contribution < -0.4 is 10.9 Å². The highest BCUT2D eigenvalue weighted by atomic mass is 32.2. The summed E-state index contributed by atoms with van der Waals surface area (Å²) in [6.07, 6.45) is 9.17. The number of halogens is 1. The summed E-state index contributed by atoms with van der Waals surface area (Å²) in [4.78, 5) is 48.7. The van der Waals surface area contributed by atoms with Crippen molar-refractivity contribution < 1.29 is 18.7 Å². The second-order valence-electron chi connectivity index (χ2n) is 8.06. The van der Waals surface area contributed by atoms with Crippen LogP contribution in [-0.2, 0) is 33.0 Å². The second-order valence-corrected chi connectivity index (χ2v) is 9.00. The van der Waals surface area contributed by atoms with E-state index in [-0.39, 0.29) is 36.2 Å². The predicted molar refractivity (Wildman–Crippen MR) is 133 cm³/mol. The van der Waals surface area contributed by atoms with Crippen molar-refractivity contribution in [3.05, 3.63) is 82.0 Å². The SMILES string of the molecule is COC(=O)CCCCCNC(=O)Cn1cc(Cc2cncnc2)c(=O)nc1SCc1ccc(F)cc1. The zero-order valence-corrected chi connectivity index (χ0v) is 20.8. The molecule has 0 saturated carbocycles. The zero-order chi connectivity index (χ0) is 25.8. The minimum absolute atomic E-state index is 0.0144. The molecule has 9 nitrogen and oxygen atoms in total. The van der Waals surface area contributed by atoms with Gasteiger partial charge >= 0.3 is 5.97 Å². The van der Waals surface area contributed by atoms with Crippen molar-refractivity contribution in [1.82, 2.24) is 24.8 Å². The lowest BCUT2D eigenvalue weighted by atomic mass is 10.1. The Balaban J connectivity index is 1.67. The Labute approximate surface area is 212 Å². The lowest BCUT2D eigenvalue weighted by Gasteiger charge is -2.14. The van der Waals surface area contributed by atoms with Gasteiger partial charge in [-0.05, 0) is 36.1 Å². The summed E-state index contributed by atoms with van der Waals surface area (Å²) < 4.78 is 19.5. The van der Waals surface area contributed by atoms with Crippen LogP contribution in [0.4, 0.5) is 4.39 Å². The van der Waals surface area contributed by atoms with E-state index in [4.69, 9.17) is 0 Å². The zero-order valence-electron chi connectivity index (χ0n) is 20.0. The van der Waals surface area contributed by atoms with Gasteiger partial charge in [-0.25, -0.2) is 14.4 Å². The van der Waals surface area contributed by atoms with E-state index in [1.807, 2.05) is 0 Å². The van der Waals surface area contributed by atoms with E-state index in [0.29, 0.717) is 35.9 Å². The van der Waals surface area contributed by atoms with Gasteiger partial charge in [-0.1, -0.05) is 30.3 Å². The van der Waals surface area contributed by atoms with Crippen LogP contribution in [0.3, 0.4) is 0 Å². The third-order valence-electron chi connectivity index (χ3n) is 5.24. The fourth-order valence-electron chi connectivity index (χ4n) is 3.35. The van der Waals surface area contributed by atoms with Crippen LogP contribution in [0.2, 0.25) is 0 Å². The minimum Gasteiger partial charge on any atom is -0.469 e. The average Bonchev–Trinajstić information content (AvgIpc) is 2.88. The first-order valence-electron chi connectivity index (χ1n) is 11.5. The number of unbranched alkanes of at least 4 members (excludes halogenated alkanes) is 2. The number of methoxy groups -OCH3 is 1. The van der Waals surface area contributed by atoms with Crippen LogP contribution >= 0.6 is 11.8 Å². The molecule has 0 bridgehead atoms. The molecule has 0 aliphatic carbocycles. The highest BCUT2D eigenvalue weighted by molar-refractivity contribution is 7.98. The molecule has 36 heavy (non-hydrogen) atoms. The Morgan fingerprint density at radius 1 is 1.08 bits per heavy atom. The third-order valence-corrected chi connectivity index (χ3v) is 6.30. The summed E-state index contributed by atoms with van der Waals surface area (Å²) in [6.45, 7) is 0.458. The van der Waals surface area contributed by atoms with Crippen LogP contribution in [0.15, 0.2) is 59.1 Å². The van der Waals surface area contributed by atoms with Gasteiger partial charge in [-0.2, -0.15) is 4.98 Å². The molecule has 0 radical (unpaired) electrons. The number of nitrogens with one attached hydrogen (secondary N) is 1. The average molecular weight is 514 g/mol. The number of carbonyl (C=O) groups excluding carboxylic acids is 2. The van der Waals surface area contributed by atoms with E-state index < -0.39 is 0 Å². The van der Waals surface area contributed by atoms with Gasteiger partial charge in [0.15, 0.2) is 5.16 Å². The normalized spacial score (nSPS) is 10.7. The fraction of sp³-hybridized carbons (Fsp3) is 0.360. The molecule has 0 aliphatic rings. The minimum atomic E-state index is -0.386. The molecule has 3 aromatic rings. The number of hydrogen-bond acceptors (Lipinski definition) is 8. The van der Waals surface area contributed by atoms with E-state index >= 15 is 0 Å². The number of aromatic nitrogens is 4. The maximum atomic E-state index is 13.2. The summed E-state index contributed by atoms with van der Waals surface area (Å²) in [5, 5.41) is 3.27. The number of benzene rings is 1. The Bertz CT molecular complexity index is 1210. The van der Waals surface area contributed by atoms with Gasteiger partial charge in [-0.3, -0.25) is 14.4 Å². The van der Waals surface area contributed by atoms with Crippen LogP contribution in [-0.4, -0.2) is 45.1 Å². The van der Waals surface area contributed by atoms with Crippen molar-refractivity contribution in [2.24, 2.45) is 0 Å². The molecule has 11 heteroatoms. The maximum absolute atomic E-state index is 13.2. The molecule has 0 saturated heterocycles. The van der Waals surface area contributed by atoms with E-state index in [1.165, 1.54) is 37.3 Å². The van der Waals surface area contributed by atoms with E-state index in [2.05, 4.69) is 25.0 Å². The number of ether oxygens (including phenoxy) is 1. The van der Waals surface area contributed by atoms with Gasteiger partial charge in [0.25, 0.3) is 5.56 Å². The van der Waals surface area contributed by atoms with E-state index in [0.717, 1.165) is 24.0 Å². The van der Waals surface area contributed by atoms with Crippen molar-refractivity contribution >= 4 is 23.6 Å². The van der Waals surface area contributed by atoms with E-state index in [9.17, 15) is 18.8 Å². The second kappa shape index (κ2) is 14.1. The lowest BCUT2D eigenvalue weighted by molar-refractivity contribution is -0.140. The van der Waals surface area contributed by atoms with Crippen LogP contribution in [0.1, 0.15) is 42.4 Å². The molecule has 2 aromatic heterocycles. The fourth-order valence-corrected chi connectivity index (χ4v) is 4.27. The summed E-state index contributed by atoms with van der Waals surface area (Å²) in [7, 11) is 1.36. The van der Waals surface area contributed by atoms with E-state index in [1.54, 1.807) is 35.3 Å². The number of nitrogens with zero attached hydrogens (tertiary/aromatic N) is 4. The molecule has 0 atom stereocenters. The maximum Gasteiger partial charge on any atom is 0.305 e. The van der Waals surface area contributed by atoms with Gasteiger partial charge in [0.2, 0.25) is 5.91 Å². The van der Waals surface area contributed by atoms with Gasteiger partial charge in [0, 0.05) is 49.3 Å². The molecule has 1 amide bonds. The monoisotopic (exact) mass is 513 g/mol. The number of esters is 1. The van der Waals surface area contributed by atoms with Crippen LogP contribution in [0.5, 0.6) is 0 Å². The summed E-state index contributed by atoms with van der Waals surface area (Å²) >= 11 is 1.30. The number of hydrogen-bond donors (Lipinski definition) is 1. The van der Waals surface area contributed by atoms with Crippen LogP contribution in [0, 0.1) is 5.82 Å². The molecule has 0 spiro atoms. The van der Waals surface area contributed by atoms with Crippen molar-refractivity contribution in [3.8, 4) is 0 Å². The molecule has 0 aliphatic heterocycles. The number of thioether (sulfide) groups is 1. The predicted octanol–water partition coefficient (Wildman–Crippen LogP) is 2.91. The molecule has 3 rings (SSSR count). The van der Waals surface area contributed by atoms with Gasteiger partial charge in [0.1, 0.15) is 18.7 Å². The smallest absolute Gasteiger partial charge is 0.305 e. The quantitative estimate of drug-likeness (QED) is 0.161. The number of amides is 1. The molecular weight excluding hydrogens is 485 g/mol. The first-order valence-corrected chi connectivity index (χ1v) is 12.5. The highest BCUT2D eigenvalue weighted by Gasteiger charge is 2.13. The number of carbonyl (C=O) groups is 2. The molecule has 1 N–H and O–H groups in total. The first-order chi connectivity index (χ1) is 17.4. The standard InChI is InChI=1S/C25H28FN5O4S/c1-35-23(33)5-3-2-4-10-29-22(32)15-31-14-20(11-19-12-27-17-28-13-19)24(34)30-25(31)36-16-18-6-8-21(26)9-7-18/h6-9,12-14,17H,2-5,10-11,15-16H2,1H3,(H,29,32). The topological polar surface area (TPSA) is 116 Å². The first kappa shape index (κ1) is 27.0. The van der Waals surface area contributed by atoms with Crippen molar-refractivity contribution in [3.63, 3.8) is 0 Å².